The molecular formula is C20H17Cl2NO4. The first-order valence-electron chi connectivity index (χ1n) is 8.39. The number of hydrogen-bond acceptors (Lipinski definition) is 5. The van der Waals surface area contributed by atoms with E-state index in [-0.39, 0.29) is 11.6 Å². The average Bonchev–Trinajstić information content (AvgIpc) is 3.00. The van der Waals surface area contributed by atoms with Gasteiger partial charge in [-0.15, -0.1) is 0 Å². The summed E-state index contributed by atoms with van der Waals surface area (Å²) < 4.78 is 16.4. The fraction of sp³-hybridized carbons (Fsp3) is 0.200. The quantitative estimate of drug-likeness (QED) is 0.493. The van der Waals surface area contributed by atoms with Crippen molar-refractivity contribution in [1.29, 1.82) is 0 Å². The SMILES string of the molecule is CCOc1ccc(/C=C2\N=C(c3ccc(Cl)c(Cl)c3)OC2=O)cc1OCC. The van der Waals surface area contributed by atoms with Gasteiger partial charge in [-0.1, -0.05) is 29.3 Å². The lowest BCUT2D eigenvalue weighted by Gasteiger charge is -2.11. The number of nitrogens with zero attached hydrogens (tertiary/aromatic N) is 1. The van der Waals surface area contributed by atoms with Crippen LogP contribution in [0.2, 0.25) is 10.0 Å². The second-order valence-electron chi connectivity index (χ2n) is 5.54. The van der Waals surface area contributed by atoms with Crippen LogP contribution in [0.4, 0.5) is 0 Å². The van der Waals surface area contributed by atoms with E-state index in [1.807, 2.05) is 19.9 Å². The molecule has 27 heavy (non-hydrogen) atoms. The normalized spacial score (nSPS) is 14.9. The van der Waals surface area contributed by atoms with Crippen LogP contribution in [0.3, 0.4) is 0 Å². The highest BCUT2D eigenvalue weighted by Gasteiger charge is 2.24. The molecule has 140 valence electrons. The second-order valence-corrected chi connectivity index (χ2v) is 6.35. The first kappa shape index (κ1) is 19.3. The van der Waals surface area contributed by atoms with Crippen LogP contribution < -0.4 is 9.47 Å². The Balaban J connectivity index is 1.92. The van der Waals surface area contributed by atoms with Gasteiger partial charge in [0.05, 0.1) is 23.3 Å². The van der Waals surface area contributed by atoms with Crippen LogP contribution in [-0.4, -0.2) is 25.1 Å². The van der Waals surface area contributed by atoms with Crippen LogP contribution in [0.5, 0.6) is 11.5 Å². The summed E-state index contributed by atoms with van der Waals surface area (Å²) in [5, 5.41) is 0.775. The average molecular weight is 406 g/mol. The minimum Gasteiger partial charge on any atom is -0.490 e. The van der Waals surface area contributed by atoms with Crippen LogP contribution >= 0.6 is 23.2 Å². The molecule has 0 N–H and O–H groups in total. The highest BCUT2D eigenvalue weighted by molar-refractivity contribution is 6.42. The molecule has 5 nitrogen and oxygen atoms in total. The van der Waals surface area contributed by atoms with E-state index >= 15 is 0 Å². The van der Waals surface area contributed by atoms with E-state index in [0.717, 1.165) is 5.56 Å². The van der Waals surface area contributed by atoms with Crippen LogP contribution in [0, 0.1) is 0 Å². The fourth-order valence-corrected chi connectivity index (χ4v) is 2.78. The number of carbonyl (C=O) groups is 1. The summed E-state index contributed by atoms with van der Waals surface area (Å²) in [7, 11) is 0. The molecule has 1 heterocycles. The van der Waals surface area contributed by atoms with Gasteiger partial charge in [0, 0.05) is 5.56 Å². The molecular weight excluding hydrogens is 389 g/mol. The molecule has 3 rings (SSSR count). The van der Waals surface area contributed by atoms with Crippen LogP contribution in [0.25, 0.3) is 6.08 Å². The molecule has 0 aliphatic carbocycles. The summed E-state index contributed by atoms with van der Waals surface area (Å²) in [5.74, 6) is 0.896. The molecule has 0 saturated carbocycles. The lowest BCUT2D eigenvalue weighted by Crippen LogP contribution is -2.05. The third-order valence-electron chi connectivity index (χ3n) is 3.66. The summed E-state index contributed by atoms with van der Waals surface area (Å²) in [6.45, 7) is 4.83. The predicted octanol–water partition coefficient (Wildman–Crippen LogP) is 5.14. The number of carbonyl (C=O) groups excluding carboxylic acids is 1. The van der Waals surface area contributed by atoms with Crippen molar-refractivity contribution in [3.63, 3.8) is 0 Å². The predicted molar refractivity (Wildman–Crippen MR) is 106 cm³/mol. The molecule has 1 aliphatic rings. The van der Waals surface area contributed by atoms with E-state index in [2.05, 4.69) is 4.99 Å². The molecule has 0 bridgehead atoms. The van der Waals surface area contributed by atoms with Gasteiger partial charge in [-0.3, -0.25) is 0 Å². The van der Waals surface area contributed by atoms with Gasteiger partial charge in [0.2, 0.25) is 5.90 Å². The van der Waals surface area contributed by atoms with Gasteiger partial charge in [-0.2, -0.15) is 0 Å². The summed E-state index contributed by atoms with van der Waals surface area (Å²) in [6, 6.07) is 10.3. The van der Waals surface area contributed by atoms with Crippen molar-refractivity contribution < 1.29 is 19.0 Å². The van der Waals surface area contributed by atoms with Crippen molar-refractivity contribution in [2.45, 2.75) is 13.8 Å². The van der Waals surface area contributed by atoms with Crippen molar-refractivity contribution in [2.24, 2.45) is 4.99 Å². The van der Waals surface area contributed by atoms with Gasteiger partial charge in [0.25, 0.3) is 0 Å². The van der Waals surface area contributed by atoms with E-state index in [1.54, 1.807) is 36.4 Å². The summed E-state index contributed by atoms with van der Waals surface area (Å²) >= 11 is 11.9. The Morgan fingerprint density at radius 2 is 1.74 bits per heavy atom. The van der Waals surface area contributed by atoms with Crippen molar-refractivity contribution in [1.82, 2.24) is 0 Å². The molecule has 0 amide bonds. The Morgan fingerprint density at radius 1 is 1.00 bits per heavy atom. The standard InChI is InChI=1S/C20H17Cl2NO4/c1-3-25-17-8-5-12(10-18(17)26-4-2)9-16-20(24)27-19(23-16)13-6-7-14(21)15(22)11-13/h5-11H,3-4H2,1-2H3/b16-9-. The smallest absolute Gasteiger partial charge is 0.363 e. The zero-order chi connectivity index (χ0) is 19.4. The van der Waals surface area contributed by atoms with Crippen molar-refractivity contribution >= 4 is 41.1 Å². The van der Waals surface area contributed by atoms with Crippen LogP contribution in [0.15, 0.2) is 47.1 Å². The molecule has 0 fully saturated rings. The molecule has 2 aromatic rings. The van der Waals surface area contributed by atoms with E-state index < -0.39 is 5.97 Å². The number of cyclic esters (lactones) is 1. The van der Waals surface area contributed by atoms with Gasteiger partial charge < -0.3 is 14.2 Å². The van der Waals surface area contributed by atoms with Gasteiger partial charge >= 0.3 is 5.97 Å². The van der Waals surface area contributed by atoms with Crippen LogP contribution in [-0.2, 0) is 9.53 Å². The maximum atomic E-state index is 12.2. The number of halogens is 2. The number of benzene rings is 2. The molecule has 1 aliphatic heterocycles. The zero-order valence-corrected chi connectivity index (χ0v) is 16.3. The van der Waals surface area contributed by atoms with E-state index in [1.165, 1.54) is 0 Å². The van der Waals surface area contributed by atoms with Gasteiger partial charge in [0.1, 0.15) is 0 Å². The maximum Gasteiger partial charge on any atom is 0.363 e. The van der Waals surface area contributed by atoms with E-state index in [0.29, 0.717) is 40.3 Å². The lowest BCUT2D eigenvalue weighted by molar-refractivity contribution is -0.129. The Hall–Kier alpha value is -2.50. The number of ether oxygens (including phenoxy) is 3. The Kier molecular flexibility index (Phi) is 6.04. The second kappa shape index (κ2) is 8.46. The molecule has 0 saturated heterocycles. The monoisotopic (exact) mass is 405 g/mol. The molecule has 0 atom stereocenters. The third-order valence-corrected chi connectivity index (χ3v) is 4.40. The largest absolute Gasteiger partial charge is 0.490 e. The molecule has 0 unspecified atom stereocenters. The number of rotatable bonds is 6. The number of hydrogen-bond donors (Lipinski definition) is 0. The molecule has 2 aromatic carbocycles. The van der Waals surface area contributed by atoms with Gasteiger partial charge in [-0.05, 0) is 55.8 Å². The van der Waals surface area contributed by atoms with E-state index in [4.69, 9.17) is 37.4 Å². The fourth-order valence-electron chi connectivity index (χ4n) is 2.48. The molecule has 0 spiro atoms. The minimum absolute atomic E-state index is 0.181. The first-order valence-corrected chi connectivity index (χ1v) is 9.15. The Labute approximate surface area is 167 Å². The highest BCUT2D eigenvalue weighted by Crippen LogP contribution is 2.30. The maximum absolute atomic E-state index is 12.2. The summed E-state index contributed by atoms with van der Waals surface area (Å²) in [5.41, 5.74) is 1.50. The van der Waals surface area contributed by atoms with Crippen molar-refractivity contribution in [3.05, 3.63) is 63.3 Å². The molecule has 0 radical (unpaired) electrons. The van der Waals surface area contributed by atoms with Crippen molar-refractivity contribution in [3.8, 4) is 11.5 Å². The summed E-state index contributed by atoms with van der Waals surface area (Å²) in [6.07, 6.45) is 1.63. The number of esters is 1. The molecule has 0 aromatic heterocycles. The minimum atomic E-state index is -0.539. The molecule has 7 heteroatoms. The number of aliphatic imine (C=N–C) groups is 1. The Morgan fingerprint density at radius 3 is 2.44 bits per heavy atom. The van der Waals surface area contributed by atoms with E-state index in [9.17, 15) is 4.79 Å². The van der Waals surface area contributed by atoms with Gasteiger partial charge in [0.15, 0.2) is 17.2 Å². The third kappa shape index (κ3) is 4.43. The first-order chi connectivity index (χ1) is 13.0. The zero-order valence-electron chi connectivity index (χ0n) is 14.8. The van der Waals surface area contributed by atoms with Crippen molar-refractivity contribution in [2.75, 3.05) is 13.2 Å². The van der Waals surface area contributed by atoms with Crippen LogP contribution in [0.1, 0.15) is 25.0 Å². The highest BCUT2D eigenvalue weighted by atomic mass is 35.5. The topological polar surface area (TPSA) is 57.1 Å². The van der Waals surface area contributed by atoms with Gasteiger partial charge in [-0.25, -0.2) is 9.79 Å². The lowest BCUT2D eigenvalue weighted by atomic mass is 10.1. The summed E-state index contributed by atoms with van der Waals surface area (Å²) in [4.78, 5) is 16.4. The Bertz CT molecular complexity index is 938.